The van der Waals surface area contributed by atoms with Crippen molar-refractivity contribution >= 4 is 24.0 Å². The number of para-hydroxylation sites is 1. The maximum Gasteiger partial charge on any atom is 0.242 e. The number of carbonyl (C=O) groups excluding carboxylic acids is 1. The van der Waals surface area contributed by atoms with Gasteiger partial charge in [-0.15, -0.1) is 12.4 Å². The highest BCUT2D eigenvalue weighted by Crippen LogP contribution is 2.32. The van der Waals surface area contributed by atoms with Crippen molar-refractivity contribution in [2.24, 2.45) is 0 Å². The first-order valence-corrected chi connectivity index (χ1v) is 8.50. The number of halogens is 1. The molecule has 0 spiro atoms. The van der Waals surface area contributed by atoms with Crippen LogP contribution in [0.1, 0.15) is 18.4 Å². The number of rotatable bonds is 8. The lowest BCUT2D eigenvalue weighted by molar-refractivity contribution is -0.130. The molecule has 1 amide bonds. The van der Waals surface area contributed by atoms with Crippen molar-refractivity contribution in [1.29, 1.82) is 0 Å². The second kappa shape index (κ2) is 9.34. The monoisotopic (exact) mass is 376 g/mol. The fourth-order valence-electron chi connectivity index (χ4n) is 2.83. The molecule has 1 aliphatic rings. The zero-order chi connectivity index (χ0) is 17.6. The van der Waals surface area contributed by atoms with Gasteiger partial charge in [-0.2, -0.15) is 0 Å². The van der Waals surface area contributed by atoms with Crippen LogP contribution in [0, 0.1) is 0 Å². The van der Waals surface area contributed by atoms with E-state index < -0.39 is 0 Å². The fraction of sp³-hybridized carbons (Fsp3) is 0.350. The molecule has 6 heteroatoms. The van der Waals surface area contributed by atoms with Gasteiger partial charge in [-0.1, -0.05) is 18.2 Å². The van der Waals surface area contributed by atoms with Crippen molar-refractivity contribution in [2.75, 3.05) is 26.1 Å². The number of nitrogens with one attached hydrogen (secondary N) is 1. The van der Waals surface area contributed by atoms with Crippen molar-refractivity contribution < 1.29 is 14.3 Å². The largest absolute Gasteiger partial charge is 0.497 e. The molecule has 0 aromatic heterocycles. The zero-order valence-electron chi connectivity index (χ0n) is 15.1. The van der Waals surface area contributed by atoms with Gasteiger partial charge in [0.15, 0.2) is 0 Å². The Labute approximate surface area is 160 Å². The second-order valence-electron chi connectivity index (χ2n) is 6.15. The summed E-state index contributed by atoms with van der Waals surface area (Å²) >= 11 is 0. The van der Waals surface area contributed by atoms with E-state index in [0.717, 1.165) is 35.6 Å². The van der Waals surface area contributed by atoms with E-state index in [2.05, 4.69) is 5.32 Å². The summed E-state index contributed by atoms with van der Waals surface area (Å²) in [6.07, 6.45) is 2.12. The predicted octanol–water partition coefficient (Wildman–Crippen LogP) is 3.73. The summed E-state index contributed by atoms with van der Waals surface area (Å²) in [5.74, 6) is 1.63. The zero-order valence-corrected chi connectivity index (χ0v) is 15.9. The van der Waals surface area contributed by atoms with Crippen LogP contribution in [-0.2, 0) is 11.3 Å². The third-order valence-corrected chi connectivity index (χ3v) is 4.35. The molecule has 0 unspecified atom stereocenters. The van der Waals surface area contributed by atoms with E-state index in [1.807, 2.05) is 53.4 Å². The molecule has 0 atom stereocenters. The molecule has 0 heterocycles. The molecule has 1 aliphatic carbocycles. The Morgan fingerprint density at radius 2 is 1.85 bits per heavy atom. The Kier molecular flexibility index (Phi) is 7.16. The highest BCUT2D eigenvalue weighted by Gasteiger charge is 2.32. The Bertz CT molecular complexity index is 720. The number of methoxy groups -OCH3 is 2. The topological polar surface area (TPSA) is 50.8 Å². The highest BCUT2D eigenvalue weighted by molar-refractivity contribution is 5.85. The lowest BCUT2D eigenvalue weighted by Gasteiger charge is -2.24. The lowest BCUT2D eigenvalue weighted by Crippen LogP contribution is -2.36. The molecule has 0 aliphatic heterocycles. The minimum atomic E-state index is 0. The standard InChI is InChI=1S/C20H24N2O3.ClH/c1-24-18-10-11-19(25-2)15(12-18)14-22(17-8-9-17)20(23)13-21-16-6-4-3-5-7-16;/h3-7,10-12,17,21H,8-9,13-14H2,1-2H3;1H. The number of carbonyl (C=O) groups is 1. The van der Waals surface area contributed by atoms with Crippen LogP contribution in [0.2, 0.25) is 0 Å². The Morgan fingerprint density at radius 1 is 1.12 bits per heavy atom. The number of benzene rings is 2. The summed E-state index contributed by atoms with van der Waals surface area (Å²) < 4.78 is 10.8. The minimum Gasteiger partial charge on any atom is -0.497 e. The first-order valence-electron chi connectivity index (χ1n) is 8.50. The van der Waals surface area contributed by atoms with Gasteiger partial charge >= 0.3 is 0 Å². The predicted molar refractivity (Wildman–Crippen MR) is 105 cm³/mol. The van der Waals surface area contributed by atoms with Crippen molar-refractivity contribution in [3.63, 3.8) is 0 Å². The van der Waals surface area contributed by atoms with Gasteiger partial charge in [0.25, 0.3) is 0 Å². The number of anilines is 1. The Morgan fingerprint density at radius 3 is 2.46 bits per heavy atom. The molecule has 5 nitrogen and oxygen atoms in total. The third kappa shape index (κ3) is 5.05. The summed E-state index contributed by atoms with van der Waals surface area (Å²) in [7, 11) is 3.28. The lowest BCUT2D eigenvalue weighted by atomic mass is 10.1. The van der Waals surface area contributed by atoms with Crippen LogP contribution in [0.15, 0.2) is 48.5 Å². The normalized spacial score (nSPS) is 12.7. The van der Waals surface area contributed by atoms with Gasteiger partial charge in [0.2, 0.25) is 5.91 Å². The number of amides is 1. The number of hydrogen-bond acceptors (Lipinski definition) is 4. The number of hydrogen-bond donors (Lipinski definition) is 1. The molecule has 1 fully saturated rings. The molecule has 1 saturated carbocycles. The van der Waals surface area contributed by atoms with Crippen molar-refractivity contribution in [1.82, 2.24) is 4.90 Å². The van der Waals surface area contributed by atoms with Gasteiger partial charge in [-0.25, -0.2) is 0 Å². The van der Waals surface area contributed by atoms with E-state index in [1.165, 1.54) is 0 Å². The van der Waals surface area contributed by atoms with Crippen LogP contribution >= 0.6 is 12.4 Å². The van der Waals surface area contributed by atoms with Gasteiger partial charge in [0.05, 0.1) is 20.8 Å². The number of ether oxygens (including phenoxy) is 2. The van der Waals surface area contributed by atoms with E-state index in [4.69, 9.17) is 9.47 Å². The Hall–Kier alpha value is -2.40. The van der Waals surface area contributed by atoms with Gasteiger partial charge in [0.1, 0.15) is 11.5 Å². The summed E-state index contributed by atoms with van der Waals surface area (Å²) in [4.78, 5) is 14.7. The molecule has 0 radical (unpaired) electrons. The van der Waals surface area contributed by atoms with Crippen LogP contribution in [0.4, 0.5) is 5.69 Å². The van der Waals surface area contributed by atoms with Crippen LogP contribution in [0.25, 0.3) is 0 Å². The summed E-state index contributed by atoms with van der Waals surface area (Å²) in [5.41, 5.74) is 1.91. The summed E-state index contributed by atoms with van der Waals surface area (Å²) in [5, 5.41) is 3.20. The maximum atomic E-state index is 12.7. The molecule has 2 aromatic carbocycles. The van der Waals surface area contributed by atoms with E-state index in [9.17, 15) is 4.79 Å². The van der Waals surface area contributed by atoms with Gasteiger partial charge < -0.3 is 19.7 Å². The van der Waals surface area contributed by atoms with Crippen LogP contribution in [0.5, 0.6) is 11.5 Å². The summed E-state index contributed by atoms with van der Waals surface area (Å²) in [6, 6.07) is 15.8. The first-order chi connectivity index (χ1) is 12.2. The minimum absolute atomic E-state index is 0. The van der Waals surface area contributed by atoms with Crippen LogP contribution in [-0.4, -0.2) is 37.6 Å². The van der Waals surface area contributed by atoms with E-state index in [-0.39, 0.29) is 24.9 Å². The molecule has 26 heavy (non-hydrogen) atoms. The molecule has 1 N–H and O–H groups in total. The molecule has 140 valence electrons. The Balaban J connectivity index is 0.00000243. The van der Waals surface area contributed by atoms with Crippen molar-refractivity contribution in [3.05, 3.63) is 54.1 Å². The van der Waals surface area contributed by atoms with Crippen LogP contribution < -0.4 is 14.8 Å². The van der Waals surface area contributed by atoms with E-state index in [1.54, 1.807) is 14.2 Å². The smallest absolute Gasteiger partial charge is 0.242 e. The molecule has 0 saturated heterocycles. The maximum absolute atomic E-state index is 12.7. The fourth-order valence-corrected chi connectivity index (χ4v) is 2.83. The van der Waals surface area contributed by atoms with E-state index >= 15 is 0 Å². The van der Waals surface area contributed by atoms with Gasteiger partial charge in [-0.05, 0) is 43.2 Å². The molecule has 2 aromatic rings. The summed E-state index contributed by atoms with van der Waals surface area (Å²) in [6.45, 7) is 0.813. The van der Waals surface area contributed by atoms with Gasteiger partial charge in [-0.3, -0.25) is 4.79 Å². The average molecular weight is 377 g/mol. The van der Waals surface area contributed by atoms with Crippen LogP contribution in [0.3, 0.4) is 0 Å². The molecule has 0 bridgehead atoms. The molecule has 3 rings (SSSR count). The number of nitrogens with zero attached hydrogens (tertiary/aromatic N) is 1. The SMILES string of the molecule is COc1ccc(OC)c(CN(C(=O)CNc2ccccc2)C2CC2)c1.Cl. The average Bonchev–Trinajstić information content (AvgIpc) is 3.49. The second-order valence-corrected chi connectivity index (χ2v) is 6.15. The quantitative estimate of drug-likeness (QED) is 0.762. The first kappa shape index (κ1) is 19.9. The third-order valence-electron chi connectivity index (χ3n) is 4.35. The molecular formula is C20H25ClN2O3. The van der Waals surface area contributed by atoms with Crippen molar-refractivity contribution in [3.8, 4) is 11.5 Å². The van der Waals surface area contributed by atoms with Crippen molar-refractivity contribution in [2.45, 2.75) is 25.4 Å². The highest BCUT2D eigenvalue weighted by atomic mass is 35.5. The molecular weight excluding hydrogens is 352 g/mol. The van der Waals surface area contributed by atoms with Gasteiger partial charge in [0, 0.05) is 23.8 Å². The van der Waals surface area contributed by atoms with E-state index in [0.29, 0.717) is 12.6 Å².